The molecule has 1 aliphatic carbocycles. The molecule has 1 atom stereocenters. The Hall–Kier alpha value is -3.03. The molecule has 1 saturated heterocycles. The molecule has 28 heavy (non-hydrogen) atoms. The molecule has 0 bridgehead atoms. The van der Waals surface area contributed by atoms with Crippen LogP contribution in [-0.4, -0.2) is 43.2 Å². The van der Waals surface area contributed by atoms with Crippen LogP contribution in [-0.2, 0) is 16.0 Å². The third kappa shape index (κ3) is 3.67. The Balaban J connectivity index is 1.39. The number of rotatable bonds is 4. The van der Waals surface area contributed by atoms with E-state index in [1.165, 1.54) is 11.1 Å². The van der Waals surface area contributed by atoms with Crippen molar-refractivity contribution in [3.05, 3.63) is 70.8 Å². The van der Waals surface area contributed by atoms with Gasteiger partial charge in [0, 0.05) is 24.1 Å². The largest absolute Gasteiger partial charge is 0.491 e. The van der Waals surface area contributed by atoms with Crippen molar-refractivity contribution in [1.82, 2.24) is 4.90 Å². The third-order valence-electron chi connectivity index (χ3n) is 5.36. The Morgan fingerprint density at radius 1 is 1.29 bits per heavy atom. The summed E-state index contributed by atoms with van der Waals surface area (Å²) in [6, 6.07) is 15.7. The van der Waals surface area contributed by atoms with Crippen molar-refractivity contribution in [1.29, 1.82) is 0 Å². The Bertz CT molecular complexity index is 970. The molecule has 2 aromatic rings. The van der Waals surface area contributed by atoms with Gasteiger partial charge in [0.2, 0.25) is 0 Å². The van der Waals surface area contributed by atoms with Crippen LogP contribution < -0.4 is 4.74 Å². The lowest BCUT2D eigenvalue weighted by Crippen LogP contribution is -2.48. The molecule has 1 amide bonds. The average Bonchev–Trinajstić information content (AvgIpc) is 3.09. The van der Waals surface area contributed by atoms with Gasteiger partial charge in [0.15, 0.2) is 0 Å². The second-order valence-electron chi connectivity index (χ2n) is 7.16. The van der Waals surface area contributed by atoms with Crippen LogP contribution >= 0.6 is 0 Å². The number of allylic oxidation sites excluding steroid dienone is 1. The predicted molar refractivity (Wildman–Crippen MR) is 109 cm³/mol. The molecule has 1 aliphatic heterocycles. The summed E-state index contributed by atoms with van der Waals surface area (Å²) in [7, 11) is 0. The zero-order valence-electron chi connectivity index (χ0n) is 16.0. The van der Waals surface area contributed by atoms with Gasteiger partial charge in [-0.2, -0.15) is 0 Å². The van der Waals surface area contributed by atoms with Gasteiger partial charge in [-0.15, -0.1) is 6.42 Å². The quantitative estimate of drug-likeness (QED) is 0.772. The second-order valence-corrected chi connectivity index (χ2v) is 7.16. The van der Waals surface area contributed by atoms with Gasteiger partial charge in [0.25, 0.3) is 5.91 Å². The van der Waals surface area contributed by atoms with E-state index in [1.54, 1.807) is 0 Å². The Labute approximate surface area is 165 Å². The van der Waals surface area contributed by atoms with Crippen LogP contribution in [0.15, 0.2) is 54.1 Å². The number of hydrogen-bond donors (Lipinski definition) is 0. The van der Waals surface area contributed by atoms with E-state index < -0.39 is 0 Å². The van der Waals surface area contributed by atoms with Gasteiger partial charge in [-0.1, -0.05) is 36.3 Å². The highest BCUT2D eigenvalue weighted by Gasteiger charge is 2.30. The van der Waals surface area contributed by atoms with Gasteiger partial charge in [0.1, 0.15) is 18.5 Å². The summed E-state index contributed by atoms with van der Waals surface area (Å²) >= 11 is 0. The van der Waals surface area contributed by atoms with Gasteiger partial charge in [-0.3, -0.25) is 4.79 Å². The van der Waals surface area contributed by atoms with E-state index in [2.05, 4.69) is 18.1 Å². The summed E-state index contributed by atoms with van der Waals surface area (Å²) < 4.78 is 11.7. The summed E-state index contributed by atoms with van der Waals surface area (Å²) in [5.41, 5.74) is 5.18. The highest BCUT2D eigenvalue weighted by molar-refractivity contribution is 6.03. The van der Waals surface area contributed by atoms with E-state index in [4.69, 9.17) is 15.9 Å². The number of benzene rings is 2. The number of carbonyl (C=O) groups excluding carboxylic acids is 1. The van der Waals surface area contributed by atoms with Gasteiger partial charge >= 0.3 is 0 Å². The number of terminal acetylenes is 1. The summed E-state index contributed by atoms with van der Waals surface area (Å²) in [6.45, 7) is 4.08. The molecule has 0 aromatic heterocycles. The zero-order chi connectivity index (χ0) is 19.5. The molecule has 4 rings (SSSR count). The summed E-state index contributed by atoms with van der Waals surface area (Å²) in [4.78, 5) is 15.0. The van der Waals surface area contributed by atoms with Crippen LogP contribution in [0.25, 0.3) is 5.57 Å². The molecular weight excluding hydrogens is 350 g/mol. The minimum absolute atomic E-state index is 0.108. The molecule has 4 nitrogen and oxygen atoms in total. The molecule has 0 N–H and O–H groups in total. The van der Waals surface area contributed by atoms with Crippen LogP contribution in [0.2, 0.25) is 0 Å². The number of fused-ring (bicyclic) bond motifs is 1. The predicted octanol–water partition coefficient (Wildman–Crippen LogP) is 3.30. The van der Waals surface area contributed by atoms with Crippen molar-refractivity contribution >= 4 is 11.5 Å². The van der Waals surface area contributed by atoms with Gasteiger partial charge in [-0.25, -0.2) is 0 Å². The lowest BCUT2D eigenvalue weighted by atomic mass is 10.1. The number of carbonyl (C=O) groups is 1. The van der Waals surface area contributed by atoms with Crippen molar-refractivity contribution in [2.75, 3.05) is 26.3 Å². The molecule has 2 aliphatic rings. The molecule has 1 unspecified atom stereocenters. The van der Waals surface area contributed by atoms with Gasteiger partial charge < -0.3 is 14.4 Å². The maximum absolute atomic E-state index is 13.1. The standard InChI is InChI=1S/C24H23NO3/c1-3-18-7-6-9-20(13-18)28-16-21-15-25(11-12-27-21)24(26)23-14-19-8-4-5-10-22(19)17(23)2/h1,4-10,13,21H,11-12,14-16H2,2H3. The maximum Gasteiger partial charge on any atom is 0.250 e. The summed E-state index contributed by atoms with van der Waals surface area (Å²) in [6.07, 6.45) is 5.98. The van der Waals surface area contributed by atoms with E-state index >= 15 is 0 Å². The van der Waals surface area contributed by atoms with Crippen LogP contribution in [0.1, 0.15) is 23.6 Å². The smallest absolute Gasteiger partial charge is 0.250 e. The monoisotopic (exact) mass is 373 g/mol. The Morgan fingerprint density at radius 3 is 2.96 bits per heavy atom. The molecule has 0 spiro atoms. The Kier molecular flexibility index (Phi) is 5.18. The highest BCUT2D eigenvalue weighted by Crippen LogP contribution is 2.33. The highest BCUT2D eigenvalue weighted by atomic mass is 16.5. The third-order valence-corrected chi connectivity index (χ3v) is 5.36. The topological polar surface area (TPSA) is 38.8 Å². The van der Waals surface area contributed by atoms with E-state index in [0.717, 1.165) is 16.7 Å². The first kappa shape index (κ1) is 18.3. The fourth-order valence-corrected chi connectivity index (χ4v) is 3.82. The number of nitrogens with zero attached hydrogens (tertiary/aromatic N) is 1. The summed E-state index contributed by atoms with van der Waals surface area (Å²) in [5.74, 6) is 3.42. The SMILES string of the molecule is C#Cc1cccc(OCC2CN(C(=O)C3=C(C)c4ccccc4C3)CCO2)c1. The van der Waals surface area contributed by atoms with Crippen molar-refractivity contribution in [2.24, 2.45) is 0 Å². The van der Waals surface area contributed by atoms with Crippen LogP contribution in [0, 0.1) is 12.3 Å². The molecule has 1 heterocycles. The first-order valence-electron chi connectivity index (χ1n) is 9.54. The van der Waals surface area contributed by atoms with Crippen LogP contribution in [0.5, 0.6) is 5.75 Å². The molecule has 2 aromatic carbocycles. The molecule has 0 radical (unpaired) electrons. The molecule has 0 saturated carbocycles. The lowest BCUT2D eigenvalue weighted by Gasteiger charge is -2.33. The Morgan fingerprint density at radius 2 is 2.14 bits per heavy atom. The number of ether oxygens (including phenoxy) is 2. The van der Waals surface area contributed by atoms with Crippen molar-refractivity contribution in [3.8, 4) is 18.1 Å². The van der Waals surface area contributed by atoms with Crippen molar-refractivity contribution in [3.63, 3.8) is 0 Å². The normalized spacial score (nSPS) is 18.6. The van der Waals surface area contributed by atoms with Crippen molar-refractivity contribution in [2.45, 2.75) is 19.4 Å². The maximum atomic E-state index is 13.1. The number of amides is 1. The van der Waals surface area contributed by atoms with Gasteiger partial charge in [0.05, 0.1) is 13.2 Å². The second kappa shape index (κ2) is 7.92. The van der Waals surface area contributed by atoms with Crippen molar-refractivity contribution < 1.29 is 14.3 Å². The lowest BCUT2D eigenvalue weighted by molar-refractivity contribution is -0.135. The first-order valence-corrected chi connectivity index (χ1v) is 9.54. The fraction of sp³-hybridized carbons (Fsp3) is 0.292. The minimum atomic E-state index is -0.156. The van der Waals surface area contributed by atoms with E-state index in [0.29, 0.717) is 38.5 Å². The van der Waals surface area contributed by atoms with Crippen LogP contribution in [0.3, 0.4) is 0 Å². The van der Waals surface area contributed by atoms with E-state index in [-0.39, 0.29) is 12.0 Å². The average molecular weight is 373 g/mol. The molecular formula is C24H23NO3. The first-order chi connectivity index (χ1) is 13.7. The fourth-order valence-electron chi connectivity index (χ4n) is 3.82. The summed E-state index contributed by atoms with van der Waals surface area (Å²) in [5, 5.41) is 0. The van der Waals surface area contributed by atoms with Gasteiger partial charge in [-0.05, 0) is 41.8 Å². The molecule has 142 valence electrons. The minimum Gasteiger partial charge on any atom is -0.491 e. The zero-order valence-corrected chi connectivity index (χ0v) is 16.0. The van der Waals surface area contributed by atoms with E-state index in [1.807, 2.05) is 48.2 Å². The number of hydrogen-bond acceptors (Lipinski definition) is 3. The van der Waals surface area contributed by atoms with E-state index in [9.17, 15) is 4.79 Å². The number of morpholine rings is 1. The van der Waals surface area contributed by atoms with Crippen LogP contribution in [0.4, 0.5) is 0 Å². The molecule has 4 heteroatoms. The molecule has 1 fully saturated rings.